The van der Waals surface area contributed by atoms with Crippen molar-refractivity contribution in [2.45, 2.75) is 57.4 Å². The van der Waals surface area contributed by atoms with Gasteiger partial charge in [-0.25, -0.2) is 4.52 Å². The first kappa shape index (κ1) is 27.4. The van der Waals surface area contributed by atoms with Gasteiger partial charge in [0.1, 0.15) is 0 Å². The summed E-state index contributed by atoms with van der Waals surface area (Å²) < 4.78 is 1.80. The first-order valence-corrected chi connectivity index (χ1v) is 15.1. The molecule has 9 heteroatoms. The highest BCUT2D eigenvalue weighted by Crippen LogP contribution is 2.30. The number of carbonyl (C=O) groups is 2. The fourth-order valence-corrected chi connectivity index (χ4v) is 6.51. The molecular weight excluding hydrogens is 514 g/mol. The summed E-state index contributed by atoms with van der Waals surface area (Å²) in [4.78, 5) is 37.1. The number of fused-ring (bicyclic) bond motifs is 1. The molecule has 2 aromatic heterocycles. The van der Waals surface area contributed by atoms with Crippen LogP contribution in [0.2, 0.25) is 0 Å². The standard InChI is InChI=1S/C32H41N7O2/c1-36-19-16-27(17-20-36)37(2)30(40)25-10-12-26(13-11-25)33-32-34-29-28(9-6-18-39(29)35-32)23-14-21-38(22-15-23)31(41)24-7-4-3-5-8-24/h6,9-14,18,24,27H,3-5,7-8,15-17,19-22H2,1-2H3,(H,33,35). The third-order valence-corrected chi connectivity index (χ3v) is 9.13. The fraction of sp³-hybridized carbons (Fsp3) is 0.500. The first-order chi connectivity index (χ1) is 20.0. The minimum atomic E-state index is 0.0568. The van der Waals surface area contributed by atoms with E-state index >= 15 is 0 Å². The van der Waals surface area contributed by atoms with Crippen molar-refractivity contribution in [3.8, 4) is 0 Å². The van der Waals surface area contributed by atoms with Crippen LogP contribution in [0.5, 0.6) is 0 Å². The zero-order valence-electron chi connectivity index (χ0n) is 24.3. The lowest BCUT2D eigenvalue weighted by Gasteiger charge is -2.35. The molecule has 1 saturated carbocycles. The molecule has 0 bridgehead atoms. The average Bonchev–Trinajstić information content (AvgIpc) is 3.44. The Kier molecular flexibility index (Phi) is 8.05. The molecule has 9 nitrogen and oxygen atoms in total. The molecule has 4 heterocycles. The van der Waals surface area contributed by atoms with E-state index in [1.54, 1.807) is 4.52 Å². The molecule has 0 atom stereocenters. The van der Waals surface area contributed by atoms with Gasteiger partial charge in [0.2, 0.25) is 11.9 Å². The second-order valence-electron chi connectivity index (χ2n) is 11.9. The molecule has 2 amide bonds. The summed E-state index contributed by atoms with van der Waals surface area (Å²) in [5, 5.41) is 7.94. The molecule has 0 spiro atoms. The van der Waals surface area contributed by atoms with Gasteiger partial charge in [-0.05, 0) is 94.2 Å². The van der Waals surface area contributed by atoms with Gasteiger partial charge in [0.15, 0.2) is 5.65 Å². The highest BCUT2D eigenvalue weighted by molar-refractivity contribution is 5.94. The number of carbonyl (C=O) groups excluding carboxylic acids is 2. The average molecular weight is 556 g/mol. The van der Waals surface area contributed by atoms with Crippen molar-refractivity contribution in [3.05, 3.63) is 59.8 Å². The molecular formula is C32H41N7O2. The van der Waals surface area contributed by atoms with E-state index in [-0.39, 0.29) is 17.9 Å². The number of amides is 2. The first-order valence-electron chi connectivity index (χ1n) is 15.1. The number of anilines is 2. The zero-order valence-corrected chi connectivity index (χ0v) is 24.3. The van der Waals surface area contributed by atoms with E-state index < -0.39 is 0 Å². The smallest absolute Gasteiger partial charge is 0.253 e. The summed E-state index contributed by atoms with van der Waals surface area (Å²) in [5.41, 5.74) is 4.56. The van der Waals surface area contributed by atoms with Crippen LogP contribution in [0.25, 0.3) is 11.2 Å². The van der Waals surface area contributed by atoms with Gasteiger partial charge in [0.05, 0.1) is 0 Å². The number of rotatable bonds is 6. The van der Waals surface area contributed by atoms with Gasteiger partial charge in [-0.1, -0.05) is 25.3 Å². The van der Waals surface area contributed by atoms with Crippen LogP contribution in [-0.2, 0) is 4.79 Å². The van der Waals surface area contributed by atoms with Crippen LogP contribution in [0.15, 0.2) is 48.7 Å². The SMILES string of the molecule is CN1CCC(N(C)C(=O)c2ccc(Nc3nc4c(C5=CCN(C(=O)C6CCCCC6)CC5)cccn4n3)cc2)CC1. The summed E-state index contributed by atoms with van der Waals surface area (Å²) in [7, 11) is 4.04. The van der Waals surface area contributed by atoms with E-state index in [1.807, 2.05) is 53.4 Å². The van der Waals surface area contributed by atoms with Crippen LogP contribution in [0.4, 0.5) is 11.6 Å². The molecule has 1 aromatic carbocycles. The van der Waals surface area contributed by atoms with Crippen LogP contribution < -0.4 is 5.32 Å². The molecule has 6 rings (SSSR count). The van der Waals surface area contributed by atoms with Gasteiger partial charge in [-0.3, -0.25) is 9.59 Å². The van der Waals surface area contributed by atoms with Crippen LogP contribution in [0.1, 0.15) is 67.3 Å². The number of benzene rings is 1. The lowest BCUT2D eigenvalue weighted by Crippen LogP contribution is -2.44. The topological polar surface area (TPSA) is 86.1 Å². The van der Waals surface area contributed by atoms with Crippen molar-refractivity contribution in [3.63, 3.8) is 0 Å². The number of nitrogens with one attached hydrogen (secondary N) is 1. The van der Waals surface area contributed by atoms with E-state index in [0.29, 0.717) is 24.0 Å². The Bertz CT molecular complexity index is 1420. The molecule has 0 unspecified atom stereocenters. The van der Waals surface area contributed by atoms with Crippen molar-refractivity contribution in [1.29, 1.82) is 0 Å². The summed E-state index contributed by atoms with van der Waals surface area (Å²) in [5.74, 6) is 1.10. The van der Waals surface area contributed by atoms with E-state index in [0.717, 1.165) is 68.6 Å². The highest BCUT2D eigenvalue weighted by Gasteiger charge is 2.28. The Hall–Kier alpha value is -3.72. The van der Waals surface area contributed by atoms with E-state index in [9.17, 15) is 9.59 Å². The van der Waals surface area contributed by atoms with Gasteiger partial charge in [-0.2, -0.15) is 4.98 Å². The molecule has 3 aromatic rings. The normalized spacial score (nSPS) is 19.3. The van der Waals surface area contributed by atoms with Crippen LogP contribution in [0.3, 0.4) is 0 Å². The number of pyridine rings is 1. The summed E-state index contributed by atoms with van der Waals surface area (Å²) >= 11 is 0. The van der Waals surface area contributed by atoms with E-state index in [4.69, 9.17) is 4.98 Å². The molecule has 2 fully saturated rings. The monoisotopic (exact) mass is 555 g/mol. The van der Waals surface area contributed by atoms with Crippen LogP contribution >= 0.6 is 0 Å². The van der Waals surface area contributed by atoms with Crippen molar-refractivity contribution < 1.29 is 9.59 Å². The van der Waals surface area contributed by atoms with Crippen LogP contribution in [-0.4, -0.2) is 87.4 Å². The quantitative estimate of drug-likeness (QED) is 0.469. The maximum absolute atomic E-state index is 13.1. The number of aromatic nitrogens is 3. The second kappa shape index (κ2) is 12.0. The Morgan fingerprint density at radius 1 is 0.976 bits per heavy atom. The molecule has 3 aliphatic rings. The predicted octanol–water partition coefficient (Wildman–Crippen LogP) is 4.84. The third-order valence-electron chi connectivity index (χ3n) is 9.13. The van der Waals surface area contributed by atoms with Crippen LogP contribution in [0, 0.1) is 5.92 Å². The largest absolute Gasteiger partial charge is 0.339 e. The fourth-order valence-electron chi connectivity index (χ4n) is 6.51. The Balaban J connectivity index is 1.11. The number of piperidine rings is 1. The summed E-state index contributed by atoms with van der Waals surface area (Å²) in [6, 6.07) is 11.9. The lowest BCUT2D eigenvalue weighted by molar-refractivity contribution is -0.136. The Labute approximate surface area is 242 Å². The summed E-state index contributed by atoms with van der Waals surface area (Å²) in [6.45, 7) is 3.45. The number of hydrogen-bond acceptors (Lipinski definition) is 6. The Morgan fingerprint density at radius 3 is 2.44 bits per heavy atom. The van der Waals surface area contributed by atoms with Gasteiger partial charge < -0.3 is 20.0 Å². The minimum absolute atomic E-state index is 0.0568. The molecule has 1 aliphatic carbocycles. The van der Waals surface area contributed by atoms with Gasteiger partial charge in [-0.15, -0.1) is 5.10 Å². The number of hydrogen-bond donors (Lipinski definition) is 1. The number of nitrogens with zero attached hydrogens (tertiary/aromatic N) is 6. The minimum Gasteiger partial charge on any atom is -0.339 e. The Morgan fingerprint density at radius 2 is 1.73 bits per heavy atom. The lowest BCUT2D eigenvalue weighted by atomic mass is 9.87. The van der Waals surface area contributed by atoms with Crippen molar-refractivity contribution in [2.24, 2.45) is 5.92 Å². The van der Waals surface area contributed by atoms with Gasteiger partial charge in [0.25, 0.3) is 5.91 Å². The molecule has 0 radical (unpaired) electrons. The maximum Gasteiger partial charge on any atom is 0.253 e. The second-order valence-corrected chi connectivity index (χ2v) is 11.9. The van der Waals surface area contributed by atoms with E-state index in [1.165, 1.54) is 24.8 Å². The molecule has 216 valence electrons. The third kappa shape index (κ3) is 6.00. The van der Waals surface area contributed by atoms with Gasteiger partial charge >= 0.3 is 0 Å². The number of likely N-dealkylation sites (tertiary alicyclic amines) is 1. The van der Waals surface area contributed by atoms with E-state index in [2.05, 4.69) is 34.5 Å². The molecule has 1 saturated heterocycles. The zero-order chi connectivity index (χ0) is 28.3. The summed E-state index contributed by atoms with van der Waals surface area (Å²) in [6.07, 6.45) is 12.6. The van der Waals surface area contributed by atoms with Gasteiger partial charge in [0, 0.05) is 55.1 Å². The molecule has 41 heavy (non-hydrogen) atoms. The highest BCUT2D eigenvalue weighted by atomic mass is 16.2. The predicted molar refractivity (Wildman–Crippen MR) is 161 cm³/mol. The molecule has 2 aliphatic heterocycles. The van der Waals surface area contributed by atoms with Crippen molar-refractivity contribution in [1.82, 2.24) is 29.3 Å². The maximum atomic E-state index is 13.1. The van der Waals surface area contributed by atoms with Crippen molar-refractivity contribution >= 4 is 34.7 Å². The van der Waals surface area contributed by atoms with Crippen molar-refractivity contribution in [2.75, 3.05) is 45.6 Å². The molecule has 1 N–H and O–H groups in total.